The highest BCUT2D eigenvalue weighted by molar-refractivity contribution is 7.99. The third kappa shape index (κ3) is 2.34. The minimum absolute atomic E-state index is 0.534. The van der Waals surface area contributed by atoms with Gasteiger partial charge < -0.3 is 16.0 Å². The zero-order chi connectivity index (χ0) is 11.7. The number of fused-ring (bicyclic) bond motifs is 1. The van der Waals surface area contributed by atoms with Crippen molar-refractivity contribution >= 4 is 34.4 Å². The van der Waals surface area contributed by atoms with Crippen molar-refractivity contribution in [2.75, 3.05) is 22.6 Å². The van der Waals surface area contributed by atoms with Crippen molar-refractivity contribution < 1.29 is 0 Å². The van der Waals surface area contributed by atoms with E-state index in [1.165, 1.54) is 24.3 Å². The largest absolute Gasteiger partial charge is 0.399 e. The Morgan fingerprint density at radius 1 is 1.47 bits per heavy atom. The molecule has 1 fully saturated rings. The average molecular weight is 248 g/mol. The summed E-state index contributed by atoms with van der Waals surface area (Å²) in [6.07, 6.45) is 2.52. The highest BCUT2D eigenvalue weighted by Gasteiger charge is 2.14. The molecule has 1 aromatic heterocycles. The molecule has 17 heavy (non-hydrogen) atoms. The molecule has 1 aliphatic heterocycles. The van der Waals surface area contributed by atoms with Crippen LogP contribution in [0.5, 0.6) is 0 Å². The van der Waals surface area contributed by atoms with Crippen LogP contribution in [0.1, 0.15) is 12.8 Å². The Bertz CT molecular complexity index is 516. The van der Waals surface area contributed by atoms with E-state index in [2.05, 4.69) is 15.3 Å². The first-order chi connectivity index (χ1) is 8.31. The summed E-state index contributed by atoms with van der Waals surface area (Å²) >= 11 is 2.01. The molecule has 1 unspecified atom stereocenters. The van der Waals surface area contributed by atoms with Gasteiger partial charge in [0, 0.05) is 17.5 Å². The van der Waals surface area contributed by atoms with Gasteiger partial charge in [0.15, 0.2) is 0 Å². The number of nitrogens with one attached hydrogen (secondary N) is 2. The molecule has 4 N–H and O–H groups in total. The molecule has 0 aliphatic carbocycles. The van der Waals surface area contributed by atoms with E-state index in [0.29, 0.717) is 6.04 Å². The molecule has 5 heteroatoms. The first-order valence-corrected chi connectivity index (χ1v) is 7.06. The number of hydrogen-bond donors (Lipinski definition) is 3. The zero-order valence-electron chi connectivity index (χ0n) is 9.57. The van der Waals surface area contributed by atoms with E-state index >= 15 is 0 Å². The van der Waals surface area contributed by atoms with Crippen LogP contribution in [0, 0.1) is 0 Å². The van der Waals surface area contributed by atoms with Gasteiger partial charge in [0.2, 0.25) is 5.95 Å². The summed E-state index contributed by atoms with van der Waals surface area (Å²) in [6, 6.07) is 6.28. The van der Waals surface area contributed by atoms with Crippen molar-refractivity contribution in [3.05, 3.63) is 18.2 Å². The second kappa shape index (κ2) is 4.49. The van der Waals surface area contributed by atoms with Crippen LogP contribution >= 0.6 is 11.8 Å². The fourth-order valence-corrected chi connectivity index (χ4v) is 3.22. The summed E-state index contributed by atoms with van der Waals surface area (Å²) in [7, 11) is 0. The van der Waals surface area contributed by atoms with Crippen molar-refractivity contribution in [1.82, 2.24) is 9.97 Å². The van der Waals surface area contributed by atoms with Gasteiger partial charge in [0.25, 0.3) is 0 Å². The number of nitrogens with zero attached hydrogens (tertiary/aromatic N) is 1. The molecule has 0 saturated carbocycles. The number of aromatic nitrogens is 2. The molecule has 1 saturated heterocycles. The molecule has 0 amide bonds. The van der Waals surface area contributed by atoms with E-state index in [1.807, 2.05) is 30.0 Å². The molecule has 2 heterocycles. The number of imidazole rings is 1. The Balaban J connectivity index is 1.80. The minimum Gasteiger partial charge on any atom is -0.399 e. The predicted octanol–water partition coefficient (Wildman–Crippen LogP) is 2.45. The second-order valence-corrected chi connectivity index (χ2v) is 5.57. The standard InChI is InChI=1S/C12H16N4S/c13-8-3-4-10-11(6-8)16-12(15-10)14-9-2-1-5-17-7-9/h3-4,6,9H,1-2,5,7,13H2,(H2,14,15,16). The number of rotatable bonds is 2. The van der Waals surface area contributed by atoms with Gasteiger partial charge in [-0.2, -0.15) is 11.8 Å². The van der Waals surface area contributed by atoms with Gasteiger partial charge in [-0.1, -0.05) is 0 Å². The lowest BCUT2D eigenvalue weighted by Gasteiger charge is -2.21. The van der Waals surface area contributed by atoms with Crippen LogP contribution in [0.4, 0.5) is 11.6 Å². The lowest BCUT2D eigenvalue weighted by molar-refractivity contribution is 0.680. The monoisotopic (exact) mass is 248 g/mol. The Morgan fingerprint density at radius 3 is 3.24 bits per heavy atom. The van der Waals surface area contributed by atoms with Crippen molar-refractivity contribution in [2.24, 2.45) is 0 Å². The van der Waals surface area contributed by atoms with Gasteiger partial charge in [-0.3, -0.25) is 0 Å². The van der Waals surface area contributed by atoms with Crippen molar-refractivity contribution in [3.63, 3.8) is 0 Å². The Kier molecular flexibility index (Phi) is 2.84. The number of nitrogens with two attached hydrogens (primary N) is 1. The van der Waals surface area contributed by atoms with Crippen LogP contribution in [0.2, 0.25) is 0 Å². The Morgan fingerprint density at radius 2 is 2.41 bits per heavy atom. The lowest BCUT2D eigenvalue weighted by atomic mass is 10.2. The topological polar surface area (TPSA) is 66.7 Å². The van der Waals surface area contributed by atoms with Crippen molar-refractivity contribution in [2.45, 2.75) is 18.9 Å². The zero-order valence-corrected chi connectivity index (χ0v) is 10.4. The first kappa shape index (κ1) is 10.8. The highest BCUT2D eigenvalue weighted by atomic mass is 32.2. The molecule has 0 bridgehead atoms. The van der Waals surface area contributed by atoms with E-state index < -0.39 is 0 Å². The Labute approximate surface area is 104 Å². The normalized spacial score (nSPS) is 20.6. The molecule has 3 rings (SSSR count). The first-order valence-electron chi connectivity index (χ1n) is 5.91. The summed E-state index contributed by atoms with van der Waals surface area (Å²) in [5.74, 6) is 3.31. The van der Waals surface area contributed by atoms with Crippen LogP contribution in [0.15, 0.2) is 18.2 Å². The van der Waals surface area contributed by atoms with E-state index in [9.17, 15) is 0 Å². The van der Waals surface area contributed by atoms with Gasteiger partial charge in [-0.25, -0.2) is 4.98 Å². The predicted molar refractivity (Wildman–Crippen MR) is 74.5 cm³/mol. The maximum atomic E-state index is 5.75. The molecule has 0 radical (unpaired) electrons. The van der Waals surface area contributed by atoms with Crippen molar-refractivity contribution in [3.8, 4) is 0 Å². The van der Waals surface area contributed by atoms with Gasteiger partial charge >= 0.3 is 0 Å². The second-order valence-electron chi connectivity index (χ2n) is 4.42. The highest BCUT2D eigenvalue weighted by Crippen LogP contribution is 2.22. The molecule has 4 nitrogen and oxygen atoms in total. The molecular formula is C12H16N4S. The number of nitrogen functional groups attached to an aromatic ring is 1. The molecule has 0 spiro atoms. The molecular weight excluding hydrogens is 232 g/mol. The van der Waals surface area contributed by atoms with E-state index in [4.69, 9.17) is 5.73 Å². The van der Waals surface area contributed by atoms with Gasteiger partial charge in [-0.05, 0) is 36.8 Å². The number of benzene rings is 1. The fourth-order valence-electron chi connectivity index (χ4n) is 2.14. The van der Waals surface area contributed by atoms with Gasteiger partial charge in [0.1, 0.15) is 0 Å². The molecule has 1 aromatic carbocycles. The summed E-state index contributed by atoms with van der Waals surface area (Å²) in [6.45, 7) is 0. The number of thioether (sulfide) groups is 1. The van der Waals surface area contributed by atoms with E-state index in [1.54, 1.807) is 0 Å². The Hall–Kier alpha value is -1.36. The third-order valence-corrected chi connectivity index (χ3v) is 4.22. The lowest BCUT2D eigenvalue weighted by Crippen LogP contribution is -2.26. The molecule has 1 atom stereocenters. The minimum atomic E-state index is 0.534. The number of aromatic amines is 1. The SMILES string of the molecule is Nc1ccc2nc(NC3CCCSC3)[nH]c2c1. The molecule has 2 aromatic rings. The summed E-state index contributed by atoms with van der Waals surface area (Å²) in [4.78, 5) is 7.79. The van der Waals surface area contributed by atoms with Gasteiger partial charge in [-0.15, -0.1) is 0 Å². The molecule has 1 aliphatic rings. The van der Waals surface area contributed by atoms with Crippen LogP contribution in [-0.4, -0.2) is 27.5 Å². The molecule has 90 valence electrons. The van der Waals surface area contributed by atoms with Gasteiger partial charge in [0.05, 0.1) is 11.0 Å². The fraction of sp³-hybridized carbons (Fsp3) is 0.417. The average Bonchev–Trinajstić information content (AvgIpc) is 2.71. The number of H-pyrrole nitrogens is 1. The van der Waals surface area contributed by atoms with Crippen molar-refractivity contribution in [1.29, 1.82) is 0 Å². The van der Waals surface area contributed by atoms with E-state index in [0.717, 1.165) is 22.7 Å². The number of hydrogen-bond acceptors (Lipinski definition) is 4. The number of anilines is 2. The van der Waals surface area contributed by atoms with E-state index in [-0.39, 0.29) is 0 Å². The third-order valence-electron chi connectivity index (χ3n) is 3.01. The van der Waals surface area contributed by atoms with Crippen LogP contribution in [-0.2, 0) is 0 Å². The maximum absolute atomic E-state index is 5.75. The van der Waals surface area contributed by atoms with Crippen LogP contribution in [0.25, 0.3) is 11.0 Å². The summed E-state index contributed by atoms with van der Waals surface area (Å²) < 4.78 is 0. The maximum Gasteiger partial charge on any atom is 0.201 e. The van der Waals surface area contributed by atoms with Crippen LogP contribution in [0.3, 0.4) is 0 Å². The summed E-state index contributed by atoms with van der Waals surface area (Å²) in [5, 5.41) is 3.46. The van der Waals surface area contributed by atoms with Crippen LogP contribution < -0.4 is 11.1 Å². The smallest absolute Gasteiger partial charge is 0.201 e. The quantitative estimate of drug-likeness (QED) is 0.714. The summed E-state index contributed by atoms with van der Waals surface area (Å²) in [5.41, 5.74) is 8.47.